The van der Waals surface area contributed by atoms with Gasteiger partial charge in [-0.2, -0.15) is 0 Å². The van der Waals surface area contributed by atoms with Gasteiger partial charge in [0, 0.05) is 12.7 Å². The lowest BCUT2D eigenvalue weighted by atomic mass is 10.2. The maximum Gasteiger partial charge on any atom is 0.339 e. The Balaban J connectivity index is 2.07. The number of anilines is 1. The van der Waals surface area contributed by atoms with Gasteiger partial charge in [0.1, 0.15) is 0 Å². The number of carbonyl (C=O) groups excluding carboxylic acids is 2. The molecule has 0 aliphatic rings. The number of nitrogens with zero attached hydrogens (tertiary/aromatic N) is 1. The second kappa shape index (κ2) is 8.89. The smallest absolute Gasteiger partial charge is 0.339 e. The van der Waals surface area contributed by atoms with E-state index in [2.05, 4.69) is 0 Å². The van der Waals surface area contributed by atoms with Gasteiger partial charge in [-0.15, -0.1) is 0 Å². The maximum absolute atomic E-state index is 12.5. The summed E-state index contributed by atoms with van der Waals surface area (Å²) in [6, 6.07) is 13.9. The number of ether oxygens (including phenoxy) is 3. The van der Waals surface area contributed by atoms with E-state index in [4.69, 9.17) is 14.2 Å². The topological polar surface area (TPSA) is 65.1 Å². The summed E-state index contributed by atoms with van der Waals surface area (Å²) in [6.07, 6.45) is -0.926. The van der Waals surface area contributed by atoms with Gasteiger partial charge in [0.25, 0.3) is 5.91 Å². The highest BCUT2D eigenvalue weighted by molar-refractivity contribution is 5.98. The molecule has 26 heavy (non-hydrogen) atoms. The van der Waals surface area contributed by atoms with E-state index < -0.39 is 12.1 Å². The lowest BCUT2D eigenvalue weighted by Crippen LogP contribution is -2.37. The first kappa shape index (κ1) is 19.3. The first-order valence-electron chi connectivity index (χ1n) is 8.32. The molecule has 1 atom stereocenters. The van der Waals surface area contributed by atoms with Crippen LogP contribution in [0.2, 0.25) is 0 Å². The number of carbonyl (C=O) groups is 2. The van der Waals surface area contributed by atoms with E-state index in [0.29, 0.717) is 18.1 Å². The molecular weight excluding hydrogens is 334 g/mol. The minimum atomic E-state index is -0.926. The molecule has 0 aliphatic carbocycles. The van der Waals surface area contributed by atoms with Gasteiger partial charge in [0.2, 0.25) is 0 Å². The molecule has 1 amide bonds. The van der Waals surface area contributed by atoms with Crippen LogP contribution in [0.25, 0.3) is 0 Å². The van der Waals surface area contributed by atoms with Crippen molar-refractivity contribution in [3.05, 3.63) is 54.1 Å². The normalized spacial score (nSPS) is 11.4. The van der Waals surface area contributed by atoms with Crippen molar-refractivity contribution in [1.82, 2.24) is 0 Å². The van der Waals surface area contributed by atoms with E-state index in [9.17, 15) is 9.59 Å². The van der Waals surface area contributed by atoms with Crippen molar-refractivity contribution in [1.29, 1.82) is 0 Å². The zero-order valence-electron chi connectivity index (χ0n) is 15.4. The van der Waals surface area contributed by atoms with Crippen LogP contribution in [0.5, 0.6) is 11.5 Å². The zero-order valence-corrected chi connectivity index (χ0v) is 15.4. The Morgan fingerprint density at radius 1 is 1.08 bits per heavy atom. The number of esters is 1. The summed E-state index contributed by atoms with van der Waals surface area (Å²) in [5, 5.41) is 0. The van der Waals surface area contributed by atoms with Crippen LogP contribution in [-0.4, -0.2) is 38.7 Å². The third-order valence-corrected chi connectivity index (χ3v) is 3.80. The minimum Gasteiger partial charge on any atom is -0.493 e. The number of para-hydroxylation sites is 1. The lowest BCUT2D eigenvalue weighted by Gasteiger charge is -2.21. The number of likely N-dealkylation sites (N-methyl/N-ethyl adjacent to an activating group) is 1. The van der Waals surface area contributed by atoms with Crippen molar-refractivity contribution in [2.75, 3.05) is 25.7 Å². The number of hydrogen-bond donors (Lipinski definition) is 0. The fraction of sp³-hybridized carbons (Fsp3) is 0.300. The SMILES string of the molecule is CCOc1ccc(C(=O)O[C@@H](C)C(=O)N(C)c2ccccc2)cc1OC. The summed E-state index contributed by atoms with van der Waals surface area (Å²) in [4.78, 5) is 26.3. The molecule has 0 saturated heterocycles. The Kier molecular flexibility index (Phi) is 6.60. The van der Waals surface area contributed by atoms with Gasteiger partial charge in [-0.3, -0.25) is 4.79 Å². The van der Waals surface area contributed by atoms with Crippen molar-refractivity contribution in [3.63, 3.8) is 0 Å². The highest BCUT2D eigenvalue weighted by Gasteiger charge is 2.23. The quantitative estimate of drug-likeness (QED) is 0.712. The number of methoxy groups -OCH3 is 1. The van der Waals surface area contributed by atoms with Crippen LogP contribution in [0.1, 0.15) is 24.2 Å². The van der Waals surface area contributed by atoms with Gasteiger partial charge in [-0.05, 0) is 44.2 Å². The van der Waals surface area contributed by atoms with Crippen molar-refractivity contribution in [2.45, 2.75) is 20.0 Å². The highest BCUT2D eigenvalue weighted by atomic mass is 16.5. The molecule has 0 fully saturated rings. The van der Waals surface area contributed by atoms with Crippen LogP contribution in [0.3, 0.4) is 0 Å². The molecule has 0 spiro atoms. The molecule has 0 saturated carbocycles. The van der Waals surface area contributed by atoms with E-state index in [1.807, 2.05) is 37.3 Å². The predicted octanol–water partition coefficient (Wildman–Crippen LogP) is 3.30. The van der Waals surface area contributed by atoms with Crippen molar-refractivity contribution >= 4 is 17.6 Å². The number of rotatable bonds is 7. The summed E-state index contributed by atoms with van der Waals surface area (Å²) in [5.41, 5.74) is 1.01. The molecule has 0 N–H and O–H groups in total. The molecule has 2 rings (SSSR count). The Hall–Kier alpha value is -3.02. The van der Waals surface area contributed by atoms with E-state index in [0.717, 1.165) is 5.69 Å². The lowest BCUT2D eigenvalue weighted by molar-refractivity contribution is -0.126. The monoisotopic (exact) mass is 357 g/mol. The maximum atomic E-state index is 12.5. The molecule has 0 heterocycles. The molecule has 0 radical (unpaired) electrons. The summed E-state index contributed by atoms with van der Waals surface area (Å²) in [6.45, 7) is 3.89. The first-order chi connectivity index (χ1) is 12.5. The second-order valence-corrected chi connectivity index (χ2v) is 5.58. The molecular formula is C20H23NO5. The van der Waals surface area contributed by atoms with Gasteiger partial charge < -0.3 is 19.1 Å². The van der Waals surface area contributed by atoms with Crippen molar-refractivity contribution < 1.29 is 23.8 Å². The fourth-order valence-corrected chi connectivity index (χ4v) is 2.40. The first-order valence-corrected chi connectivity index (χ1v) is 8.32. The Morgan fingerprint density at radius 2 is 1.77 bits per heavy atom. The summed E-state index contributed by atoms with van der Waals surface area (Å²) < 4.78 is 16.0. The zero-order chi connectivity index (χ0) is 19.1. The summed E-state index contributed by atoms with van der Waals surface area (Å²) in [5.74, 6) is 0.0530. The summed E-state index contributed by atoms with van der Waals surface area (Å²) in [7, 11) is 3.13. The molecule has 6 nitrogen and oxygen atoms in total. The number of benzene rings is 2. The minimum absolute atomic E-state index is 0.285. The average Bonchev–Trinajstić information content (AvgIpc) is 2.67. The second-order valence-electron chi connectivity index (χ2n) is 5.58. The molecule has 6 heteroatoms. The largest absolute Gasteiger partial charge is 0.493 e. The van der Waals surface area contributed by atoms with Gasteiger partial charge in [0.05, 0.1) is 19.3 Å². The molecule has 138 valence electrons. The molecule has 0 bridgehead atoms. The van der Waals surface area contributed by atoms with Gasteiger partial charge in [-0.1, -0.05) is 18.2 Å². The van der Waals surface area contributed by atoms with Gasteiger partial charge in [-0.25, -0.2) is 4.79 Å². The van der Waals surface area contributed by atoms with Crippen LogP contribution in [0.15, 0.2) is 48.5 Å². The van der Waals surface area contributed by atoms with Crippen LogP contribution < -0.4 is 14.4 Å². The van der Waals surface area contributed by atoms with Crippen LogP contribution in [0, 0.1) is 0 Å². The van der Waals surface area contributed by atoms with Crippen LogP contribution >= 0.6 is 0 Å². The predicted molar refractivity (Wildman–Crippen MR) is 98.9 cm³/mol. The van der Waals surface area contributed by atoms with Crippen LogP contribution in [0.4, 0.5) is 5.69 Å². The van der Waals surface area contributed by atoms with Crippen LogP contribution in [-0.2, 0) is 9.53 Å². The standard InChI is InChI=1S/C20H23NO5/c1-5-25-17-12-11-15(13-18(17)24-4)20(23)26-14(2)19(22)21(3)16-9-7-6-8-10-16/h6-14H,5H2,1-4H3/t14-/m0/s1. The number of amides is 1. The van der Waals surface area contributed by atoms with Gasteiger partial charge in [0.15, 0.2) is 17.6 Å². The van der Waals surface area contributed by atoms with E-state index in [1.165, 1.54) is 18.1 Å². The summed E-state index contributed by atoms with van der Waals surface area (Å²) >= 11 is 0. The fourth-order valence-electron chi connectivity index (χ4n) is 2.40. The Bertz CT molecular complexity index is 760. The molecule has 0 aliphatic heterocycles. The number of hydrogen-bond acceptors (Lipinski definition) is 5. The average molecular weight is 357 g/mol. The highest BCUT2D eigenvalue weighted by Crippen LogP contribution is 2.28. The third-order valence-electron chi connectivity index (χ3n) is 3.80. The van der Waals surface area contributed by atoms with Crippen molar-refractivity contribution in [3.8, 4) is 11.5 Å². The molecule has 0 aromatic heterocycles. The van der Waals surface area contributed by atoms with Gasteiger partial charge >= 0.3 is 5.97 Å². The van der Waals surface area contributed by atoms with E-state index >= 15 is 0 Å². The third kappa shape index (κ3) is 4.53. The Morgan fingerprint density at radius 3 is 2.38 bits per heavy atom. The molecule has 0 unspecified atom stereocenters. The van der Waals surface area contributed by atoms with E-state index in [1.54, 1.807) is 26.1 Å². The molecule has 2 aromatic rings. The van der Waals surface area contributed by atoms with Crippen molar-refractivity contribution in [2.24, 2.45) is 0 Å². The molecule has 2 aromatic carbocycles. The van der Waals surface area contributed by atoms with E-state index in [-0.39, 0.29) is 11.5 Å². The Labute approximate surface area is 153 Å².